The summed E-state index contributed by atoms with van der Waals surface area (Å²) in [5.41, 5.74) is 3.34. The van der Waals surface area contributed by atoms with Crippen LogP contribution >= 0.6 is 0 Å². The molecule has 1 aliphatic rings. The van der Waals surface area contributed by atoms with E-state index in [-0.39, 0.29) is 5.91 Å². The third-order valence-electron chi connectivity index (χ3n) is 6.60. The second-order valence-electron chi connectivity index (χ2n) is 8.77. The number of aromatic nitrogens is 4. The van der Waals surface area contributed by atoms with Gasteiger partial charge in [-0.05, 0) is 38.8 Å². The van der Waals surface area contributed by atoms with E-state index in [0.717, 1.165) is 40.8 Å². The molecule has 8 nitrogen and oxygen atoms in total. The van der Waals surface area contributed by atoms with Crippen LogP contribution in [0.2, 0.25) is 0 Å². The number of methoxy groups -OCH3 is 2. The number of carbonyl (C=O) groups is 1. The normalized spacial score (nSPS) is 17.8. The molecule has 1 amide bonds. The Kier molecular flexibility index (Phi) is 5.43. The van der Waals surface area contributed by atoms with Crippen molar-refractivity contribution in [2.75, 3.05) is 20.8 Å². The molecule has 8 heteroatoms. The molecule has 5 rings (SSSR count). The molecule has 0 unspecified atom stereocenters. The van der Waals surface area contributed by atoms with Gasteiger partial charge in [-0.2, -0.15) is 0 Å². The van der Waals surface area contributed by atoms with Crippen LogP contribution in [0.5, 0.6) is 11.5 Å². The van der Waals surface area contributed by atoms with Gasteiger partial charge < -0.3 is 19.4 Å². The molecule has 0 radical (unpaired) electrons. The van der Waals surface area contributed by atoms with Gasteiger partial charge in [-0.1, -0.05) is 17.7 Å². The largest absolute Gasteiger partial charge is 0.493 e. The lowest BCUT2D eigenvalue weighted by Gasteiger charge is -2.34. The van der Waals surface area contributed by atoms with Crippen molar-refractivity contribution in [3.8, 4) is 22.9 Å². The molecule has 0 bridgehead atoms. The molecule has 4 aromatic rings. The Morgan fingerprint density at radius 3 is 2.56 bits per heavy atom. The Balaban J connectivity index is 1.57. The van der Waals surface area contributed by atoms with Crippen LogP contribution in [0, 0.1) is 6.92 Å². The van der Waals surface area contributed by atoms with Gasteiger partial charge in [0.1, 0.15) is 5.82 Å². The Bertz CT molecular complexity index is 1330. The molecule has 0 aliphatic carbocycles. The maximum absolute atomic E-state index is 14.0. The second-order valence-corrected chi connectivity index (χ2v) is 8.77. The van der Waals surface area contributed by atoms with Crippen molar-refractivity contribution in [3.63, 3.8) is 0 Å². The topological polar surface area (TPSA) is 93.2 Å². The van der Waals surface area contributed by atoms with Crippen LogP contribution in [0.3, 0.4) is 0 Å². The fourth-order valence-corrected chi connectivity index (χ4v) is 4.74. The van der Waals surface area contributed by atoms with Crippen molar-refractivity contribution in [3.05, 3.63) is 65.7 Å². The minimum Gasteiger partial charge on any atom is -0.493 e. The summed E-state index contributed by atoms with van der Waals surface area (Å²) in [5, 5.41) is 0. The Labute approximate surface area is 198 Å². The lowest BCUT2D eigenvalue weighted by molar-refractivity contribution is 0.0606. The van der Waals surface area contributed by atoms with Crippen LogP contribution < -0.4 is 9.47 Å². The molecule has 2 aromatic heterocycles. The molecule has 1 aliphatic heterocycles. The molecule has 34 heavy (non-hydrogen) atoms. The fourth-order valence-electron chi connectivity index (χ4n) is 4.74. The van der Waals surface area contributed by atoms with Gasteiger partial charge in [0.25, 0.3) is 5.91 Å². The number of H-pyrrole nitrogens is 1. The number of fused-ring (bicyclic) bond motifs is 1. The highest BCUT2D eigenvalue weighted by Gasteiger charge is 2.44. The number of nitrogens with one attached hydrogen (secondary N) is 1. The van der Waals surface area contributed by atoms with Gasteiger partial charge in [0, 0.05) is 36.6 Å². The Morgan fingerprint density at radius 1 is 1.09 bits per heavy atom. The van der Waals surface area contributed by atoms with Crippen LogP contribution in [-0.2, 0) is 5.54 Å². The molecule has 0 saturated carbocycles. The number of aryl methyl sites for hydroxylation is 1. The first kappa shape index (κ1) is 21.9. The monoisotopic (exact) mass is 457 g/mol. The maximum Gasteiger partial charge on any atom is 0.255 e. The van der Waals surface area contributed by atoms with Crippen LogP contribution in [0.1, 0.15) is 41.5 Å². The van der Waals surface area contributed by atoms with Crippen LogP contribution in [0.25, 0.3) is 22.4 Å². The number of hydrogen-bond acceptors (Lipinski definition) is 6. The molecule has 3 heterocycles. The van der Waals surface area contributed by atoms with Crippen molar-refractivity contribution in [2.45, 2.75) is 32.2 Å². The van der Waals surface area contributed by atoms with Crippen molar-refractivity contribution in [1.82, 2.24) is 24.8 Å². The van der Waals surface area contributed by atoms with Crippen molar-refractivity contribution < 1.29 is 14.3 Å². The van der Waals surface area contributed by atoms with E-state index in [2.05, 4.69) is 21.9 Å². The predicted molar refractivity (Wildman–Crippen MR) is 129 cm³/mol. The van der Waals surface area contributed by atoms with Gasteiger partial charge in [0.15, 0.2) is 17.3 Å². The summed E-state index contributed by atoms with van der Waals surface area (Å²) >= 11 is 0. The molecule has 1 N–H and O–H groups in total. The molecule has 1 atom stereocenters. The highest BCUT2D eigenvalue weighted by Crippen LogP contribution is 2.41. The standard InChI is InChI=1S/C26H27N5O3/c1-16-7-8-17(23-27-10-6-11-28-23)18(13-16)24(32)31-12-5-9-26(31,2)25-29-19-14-21(33-3)22(34-4)15-20(19)30-25/h6-8,10-11,13-15H,5,9,12H2,1-4H3,(H,29,30)/t26-/m0/s1. The molecule has 1 fully saturated rings. The number of hydrogen-bond donors (Lipinski definition) is 1. The van der Waals surface area contributed by atoms with Gasteiger partial charge in [0.05, 0.1) is 36.4 Å². The summed E-state index contributed by atoms with van der Waals surface area (Å²) in [6.45, 7) is 4.69. The zero-order chi connectivity index (χ0) is 23.9. The van der Waals surface area contributed by atoms with Crippen molar-refractivity contribution >= 4 is 16.9 Å². The number of benzene rings is 2. The molecular weight excluding hydrogens is 430 g/mol. The summed E-state index contributed by atoms with van der Waals surface area (Å²) in [4.78, 5) is 33.0. The summed E-state index contributed by atoms with van der Waals surface area (Å²) < 4.78 is 10.9. The summed E-state index contributed by atoms with van der Waals surface area (Å²) in [6.07, 6.45) is 5.06. The molecule has 0 spiro atoms. The first-order valence-corrected chi connectivity index (χ1v) is 11.3. The highest BCUT2D eigenvalue weighted by molar-refractivity contribution is 6.01. The van der Waals surface area contributed by atoms with Crippen LogP contribution in [0.15, 0.2) is 48.8 Å². The van der Waals surface area contributed by atoms with E-state index in [1.54, 1.807) is 32.7 Å². The number of amides is 1. The number of imidazole rings is 1. The highest BCUT2D eigenvalue weighted by atomic mass is 16.5. The fraction of sp³-hybridized carbons (Fsp3) is 0.308. The second kappa shape index (κ2) is 8.44. The quantitative estimate of drug-likeness (QED) is 0.474. The first-order valence-electron chi connectivity index (χ1n) is 11.3. The van der Waals surface area contributed by atoms with E-state index >= 15 is 0 Å². The van der Waals surface area contributed by atoms with Gasteiger partial charge in [-0.25, -0.2) is 15.0 Å². The van der Waals surface area contributed by atoms with E-state index in [4.69, 9.17) is 14.5 Å². The van der Waals surface area contributed by atoms with E-state index in [0.29, 0.717) is 29.4 Å². The molecule has 2 aromatic carbocycles. The number of ether oxygens (including phenoxy) is 2. The third-order valence-corrected chi connectivity index (χ3v) is 6.60. The van der Waals surface area contributed by atoms with Crippen molar-refractivity contribution in [2.24, 2.45) is 0 Å². The predicted octanol–water partition coefficient (Wildman–Crippen LogP) is 4.50. The van der Waals surface area contributed by atoms with Gasteiger partial charge in [-0.3, -0.25) is 4.79 Å². The summed E-state index contributed by atoms with van der Waals surface area (Å²) in [6, 6.07) is 11.3. The number of aromatic amines is 1. The smallest absolute Gasteiger partial charge is 0.255 e. The average molecular weight is 458 g/mol. The zero-order valence-corrected chi connectivity index (χ0v) is 19.8. The molecule has 174 valence electrons. The number of likely N-dealkylation sites (tertiary alicyclic amines) is 1. The SMILES string of the molecule is COc1cc2nc([C@]3(C)CCCN3C(=O)c3cc(C)ccc3-c3ncccn3)[nH]c2cc1OC. The summed E-state index contributed by atoms with van der Waals surface area (Å²) in [7, 11) is 3.21. The van der Waals surface area contributed by atoms with Gasteiger partial charge in [0.2, 0.25) is 0 Å². The van der Waals surface area contributed by atoms with Gasteiger partial charge in [-0.15, -0.1) is 0 Å². The van der Waals surface area contributed by atoms with Crippen LogP contribution in [-0.4, -0.2) is 51.5 Å². The van der Waals surface area contributed by atoms with E-state index in [9.17, 15) is 4.79 Å². The summed E-state index contributed by atoms with van der Waals surface area (Å²) in [5.74, 6) is 2.47. The third kappa shape index (κ3) is 3.55. The molecular formula is C26H27N5O3. The minimum absolute atomic E-state index is 0.0539. The number of carbonyl (C=O) groups excluding carboxylic acids is 1. The van der Waals surface area contributed by atoms with E-state index in [1.165, 1.54) is 0 Å². The first-order chi connectivity index (χ1) is 16.4. The Morgan fingerprint density at radius 2 is 1.82 bits per heavy atom. The van der Waals surface area contributed by atoms with Gasteiger partial charge >= 0.3 is 0 Å². The Hall–Kier alpha value is -3.94. The van der Waals surface area contributed by atoms with E-state index < -0.39 is 5.54 Å². The lowest BCUT2D eigenvalue weighted by atomic mass is 9.95. The van der Waals surface area contributed by atoms with Crippen molar-refractivity contribution in [1.29, 1.82) is 0 Å². The minimum atomic E-state index is -0.588. The molecule has 1 saturated heterocycles. The zero-order valence-electron chi connectivity index (χ0n) is 19.8. The van der Waals surface area contributed by atoms with E-state index in [1.807, 2.05) is 42.2 Å². The number of nitrogens with zero attached hydrogens (tertiary/aromatic N) is 4. The number of rotatable bonds is 5. The maximum atomic E-state index is 14.0. The van der Waals surface area contributed by atoms with Crippen LogP contribution in [0.4, 0.5) is 0 Å². The average Bonchev–Trinajstić information content (AvgIpc) is 3.47. The lowest BCUT2D eigenvalue weighted by Crippen LogP contribution is -2.43.